The molecule has 0 radical (unpaired) electrons. The molecular weight excluding hydrogens is 166 g/mol. The van der Waals surface area contributed by atoms with Crippen LogP contribution in [-0.2, 0) is 4.74 Å². The molecule has 0 saturated heterocycles. The van der Waals surface area contributed by atoms with Crippen LogP contribution in [0.2, 0.25) is 0 Å². The van der Waals surface area contributed by atoms with Gasteiger partial charge >= 0.3 is 0 Å². The Kier molecular flexibility index (Phi) is 1.88. The van der Waals surface area contributed by atoms with E-state index in [9.17, 15) is 0 Å². The molecule has 1 aliphatic rings. The van der Waals surface area contributed by atoms with E-state index in [-0.39, 0.29) is 12.1 Å². The predicted molar refractivity (Wildman–Crippen MR) is 49.3 cm³/mol. The van der Waals surface area contributed by atoms with Gasteiger partial charge in [-0.1, -0.05) is 6.07 Å². The minimum absolute atomic E-state index is 0.0481. The van der Waals surface area contributed by atoms with Crippen molar-refractivity contribution in [3.05, 3.63) is 29.6 Å². The molecule has 2 heterocycles. The van der Waals surface area contributed by atoms with Crippen molar-refractivity contribution < 1.29 is 4.74 Å². The number of hydrogen-bond acceptors (Lipinski definition) is 4. The first kappa shape index (κ1) is 8.04. The third kappa shape index (κ3) is 1.61. The number of aryl methyl sites for hydroxylation is 1. The second-order valence-electron chi connectivity index (χ2n) is 3.02. The lowest BCUT2D eigenvalue weighted by molar-refractivity contribution is 0.226. The molecule has 0 fully saturated rings. The highest BCUT2D eigenvalue weighted by Gasteiger charge is 2.19. The second kappa shape index (κ2) is 3.05. The minimum Gasteiger partial charge on any atom is -0.455 e. The summed E-state index contributed by atoms with van der Waals surface area (Å²) >= 11 is 0. The van der Waals surface area contributed by atoms with Gasteiger partial charge in [0.1, 0.15) is 6.10 Å². The Morgan fingerprint density at radius 3 is 2.92 bits per heavy atom. The third-order valence-corrected chi connectivity index (χ3v) is 1.98. The Morgan fingerprint density at radius 2 is 2.38 bits per heavy atom. The maximum Gasteiger partial charge on any atom is 0.282 e. The summed E-state index contributed by atoms with van der Waals surface area (Å²) in [5, 5.41) is 0. The number of pyridine rings is 1. The molecule has 13 heavy (non-hydrogen) atoms. The Balaban J connectivity index is 2.14. The van der Waals surface area contributed by atoms with Gasteiger partial charge in [-0.2, -0.15) is 0 Å². The number of hydrogen-bond donors (Lipinski definition) is 1. The van der Waals surface area contributed by atoms with Crippen molar-refractivity contribution in [2.45, 2.75) is 13.0 Å². The predicted octanol–water partition coefficient (Wildman–Crippen LogP) is 0.776. The van der Waals surface area contributed by atoms with Crippen molar-refractivity contribution in [1.29, 1.82) is 0 Å². The number of nitrogens with zero attached hydrogens (tertiary/aromatic N) is 2. The molecule has 4 nitrogen and oxygen atoms in total. The van der Waals surface area contributed by atoms with Crippen LogP contribution in [0.15, 0.2) is 23.3 Å². The molecule has 0 amide bonds. The summed E-state index contributed by atoms with van der Waals surface area (Å²) in [4.78, 5) is 8.14. The number of aliphatic imine (C=N–C) groups is 1. The molecule has 2 rings (SSSR count). The quantitative estimate of drug-likeness (QED) is 0.689. The van der Waals surface area contributed by atoms with E-state index in [2.05, 4.69) is 9.98 Å². The summed E-state index contributed by atoms with van der Waals surface area (Å²) < 4.78 is 5.27. The van der Waals surface area contributed by atoms with Crippen molar-refractivity contribution in [3.8, 4) is 0 Å². The Labute approximate surface area is 76.5 Å². The topological polar surface area (TPSA) is 60.5 Å². The maximum atomic E-state index is 5.40. The van der Waals surface area contributed by atoms with E-state index in [4.69, 9.17) is 10.5 Å². The zero-order valence-corrected chi connectivity index (χ0v) is 7.40. The molecule has 1 aromatic heterocycles. The largest absolute Gasteiger partial charge is 0.455 e. The monoisotopic (exact) mass is 177 g/mol. The van der Waals surface area contributed by atoms with Crippen LogP contribution in [0.4, 0.5) is 0 Å². The van der Waals surface area contributed by atoms with Crippen molar-refractivity contribution >= 4 is 6.02 Å². The van der Waals surface area contributed by atoms with Gasteiger partial charge in [0, 0.05) is 17.5 Å². The fraction of sp³-hybridized carbons (Fsp3) is 0.333. The van der Waals surface area contributed by atoms with Crippen molar-refractivity contribution in [3.63, 3.8) is 0 Å². The summed E-state index contributed by atoms with van der Waals surface area (Å²) in [5.41, 5.74) is 7.42. The van der Waals surface area contributed by atoms with Crippen LogP contribution >= 0.6 is 0 Å². The van der Waals surface area contributed by atoms with Crippen LogP contribution < -0.4 is 5.73 Å². The van der Waals surface area contributed by atoms with Gasteiger partial charge in [-0.25, -0.2) is 4.99 Å². The summed E-state index contributed by atoms with van der Waals surface area (Å²) in [6.07, 6.45) is 1.75. The zero-order chi connectivity index (χ0) is 9.26. The van der Waals surface area contributed by atoms with Crippen molar-refractivity contribution in [1.82, 2.24) is 4.98 Å². The summed E-state index contributed by atoms with van der Waals surface area (Å²) in [6.45, 7) is 2.54. The van der Waals surface area contributed by atoms with Gasteiger partial charge < -0.3 is 10.5 Å². The molecule has 68 valence electrons. The lowest BCUT2D eigenvalue weighted by Gasteiger charge is -2.09. The highest BCUT2D eigenvalue weighted by molar-refractivity contribution is 5.73. The van der Waals surface area contributed by atoms with Gasteiger partial charge in [-0.3, -0.25) is 4.98 Å². The molecule has 2 N–H and O–H groups in total. The first-order valence-corrected chi connectivity index (χ1v) is 4.15. The SMILES string of the molecule is Cc1ccc(C2CN=C(N)O2)cn1. The minimum atomic E-state index is -0.0481. The molecule has 0 bridgehead atoms. The highest BCUT2D eigenvalue weighted by atomic mass is 16.5. The van der Waals surface area contributed by atoms with E-state index in [0.717, 1.165) is 11.3 Å². The summed E-state index contributed by atoms with van der Waals surface area (Å²) in [7, 11) is 0. The third-order valence-electron chi connectivity index (χ3n) is 1.98. The van der Waals surface area contributed by atoms with Crippen LogP contribution in [0.3, 0.4) is 0 Å². The molecule has 1 atom stereocenters. The van der Waals surface area contributed by atoms with Crippen LogP contribution in [0.5, 0.6) is 0 Å². The first-order valence-electron chi connectivity index (χ1n) is 4.15. The maximum absolute atomic E-state index is 5.40. The molecular formula is C9H11N3O. The Morgan fingerprint density at radius 1 is 1.54 bits per heavy atom. The normalized spacial score (nSPS) is 21.0. The fourth-order valence-corrected chi connectivity index (χ4v) is 1.24. The van der Waals surface area contributed by atoms with Gasteiger partial charge in [-0.05, 0) is 13.0 Å². The number of rotatable bonds is 1. The molecule has 1 unspecified atom stereocenters. The number of amidine groups is 1. The standard InChI is InChI=1S/C9H11N3O/c1-6-2-3-7(4-11-6)8-5-12-9(10)13-8/h2-4,8H,5H2,1H3,(H2,10,12). The Hall–Kier alpha value is -1.58. The number of aromatic nitrogens is 1. The van der Waals surface area contributed by atoms with E-state index in [0.29, 0.717) is 6.54 Å². The zero-order valence-electron chi connectivity index (χ0n) is 7.40. The van der Waals surface area contributed by atoms with Crippen molar-refractivity contribution in [2.75, 3.05) is 6.54 Å². The summed E-state index contributed by atoms with van der Waals surface area (Å²) in [6, 6.07) is 4.21. The van der Waals surface area contributed by atoms with Gasteiger partial charge in [0.05, 0.1) is 6.54 Å². The van der Waals surface area contributed by atoms with E-state index in [1.807, 2.05) is 19.1 Å². The van der Waals surface area contributed by atoms with E-state index in [1.165, 1.54) is 0 Å². The van der Waals surface area contributed by atoms with E-state index < -0.39 is 0 Å². The van der Waals surface area contributed by atoms with E-state index in [1.54, 1.807) is 6.20 Å². The molecule has 0 saturated carbocycles. The molecule has 1 aromatic rings. The Bertz CT molecular complexity index is 331. The van der Waals surface area contributed by atoms with Crippen LogP contribution in [-0.4, -0.2) is 17.6 Å². The lowest BCUT2D eigenvalue weighted by Crippen LogP contribution is -2.13. The molecule has 1 aliphatic heterocycles. The number of ether oxygens (including phenoxy) is 1. The molecule has 4 heteroatoms. The molecule has 0 spiro atoms. The smallest absolute Gasteiger partial charge is 0.282 e. The fourth-order valence-electron chi connectivity index (χ4n) is 1.24. The van der Waals surface area contributed by atoms with Crippen LogP contribution in [0.1, 0.15) is 17.4 Å². The lowest BCUT2D eigenvalue weighted by atomic mass is 10.1. The molecule has 0 aliphatic carbocycles. The van der Waals surface area contributed by atoms with Gasteiger partial charge in [0.25, 0.3) is 6.02 Å². The van der Waals surface area contributed by atoms with E-state index >= 15 is 0 Å². The van der Waals surface area contributed by atoms with Gasteiger partial charge in [0.2, 0.25) is 0 Å². The van der Waals surface area contributed by atoms with Crippen molar-refractivity contribution in [2.24, 2.45) is 10.7 Å². The summed E-state index contributed by atoms with van der Waals surface area (Å²) in [5.74, 6) is 0. The van der Waals surface area contributed by atoms with Crippen LogP contribution in [0, 0.1) is 6.92 Å². The second-order valence-corrected chi connectivity index (χ2v) is 3.02. The first-order chi connectivity index (χ1) is 6.25. The highest BCUT2D eigenvalue weighted by Crippen LogP contribution is 2.20. The average molecular weight is 177 g/mol. The average Bonchev–Trinajstić information content (AvgIpc) is 2.53. The van der Waals surface area contributed by atoms with Gasteiger partial charge in [-0.15, -0.1) is 0 Å². The number of nitrogens with two attached hydrogens (primary N) is 1. The van der Waals surface area contributed by atoms with Crippen LogP contribution in [0.25, 0.3) is 0 Å². The van der Waals surface area contributed by atoms with Gasteiger partial charge in [0.15, 0.2) is 0 Å². The molecule has 0 aromatic carbocycles.